The van der Waals surface area contributed by atoms with Gasteiger partial charge >= 0.3 is 0 Å². The van der Waals surface area contributed by atoms with Gasteiger partial charge in [0.2, 0.25) is 5.95 Å². The minimum Gasteiger partial charge on any atom is -0.494 e. The number of aryl methyl sites for hydroxylation is 1. The zero-order chi connectivity index (χ0) is 22.9. The molecule has 0 saturated carbocycles. The predicted octanol–water partition coefficient (Wildman–Crippen LogP) is 5.57. The SMILES string of the molecule is COc1cc(Nc2nc3n(n2)CCC(C)CC3c2ccc(F)cc2)ccc1-n1cnc(Cl)c1. The molecule has 0 fully saturated rings. The fraction of sp³-hybridized carbons (Fsp3) is 0.292. The molecule has 2 aromatic carbocycles. The number of rotatable bonds is 5. The minimum absolute atomic E-state index is 0.0639. The number of methoxy groups -OCH3 is 1. The van der Waals surface area contributed by atoms with E-state index in [1.165, 1.54) is 12.1 Å². The third kappa shape index (κ3) is 4.43. The Kier molecular flexibility index (Phi) is 5.76. The quantitative estimate of drug-likeness (QED) is 0.416. The van der Waals surface area contributed by atoms with Crippen molar-refractivity contribution in [2.75, 3.05) is 12.4 Å². The van der Waals surface area contributed by atoms with Crippen LogP contribution in [0.2, 0.25) is 5.15 Å². The van der Waals surface area contributed by atoms with E-state index in [2.05, 4.69) is 17.2 Å². The second kappa shape index (κ2) is 8.86. The first-order valence-corrected chi connectivity index (χ1v) is 11.2. The van der Waals surface area contributed by atoms with Crippen LogP contribution < -0.4 is 10.1 Å². The molecule has 9 heteroatoms. The maximum absolute atomic E-state index is 13.5. The Hall–Kier alpha value is -3.39. The van der Waals surface area contributed by atoms with Gasteiger partial charge in [-0.25, -0.2) is 14.1 Å². The van der Waals surface area contributed by atoms with Gasteiger partial charge in [0.15, 0.2) is 0 Å². The summed E-state index contributed by atoms with van der Waals surface area (Å²) < 4.78 is 22.8. The van der Waals surface area contributed by atoms with Crippen LogP contribution >= 0.6 is 11.6 Å². The zero-order valence-electron chi connectivity index (χ0n) is 18.4. The monoisotopic (exact) mass is 466 g/mol. The van der Waals surface area contributed by atoms with Gasteiger partial charge in [-0.2, -0.15) is 4.98 Å². The van der Waals surface area contributed by atoms with Gasteiger partial charge in [-0.3, -0.25) is 0 Å². The number of imidazole rings is 1. The van der Waals surface area contributed by atoms with Gasteiger partial charge in [-0.15, -0.1) is 5.10 Å². The topological polar surface area (TPSA) is 69.8 Å². The number of benzene rings is 2. The van der Waals surface area contributed by atoms with Crippen LogP contribution in [0, 0.1) is 11.7 Å². The van der Waals surface area contributed by atoms with Gasteiger partial charge in [0, 0.05) is 30.4 Å². The van der Waals surface area contributed by atoms with Crippen molar-refractivity contribution in [3.8, 4) is 11.4 Å². The number of hydrogen-bond acceptors (Lipinski definition) is 5. The molecule has 0 aliphatic carbocycles. The summed E-state index contributed by atoms with van der Waals surface area (Å²) in [5.74, 6) is 2.42. The van der Waals surface area contributed by atoms with Gasteiger partial charge in [0.1, 0.15) is 28.9 Å². The first-order valence-electron chi connectivity index (χ1n) is 10.9. The molecule has 0 radical (unpaired) electrons. The molecule has 5 rings (SSSR count). The third-order valence-electron chi connectivity index (χ3n) is 6.02. The summed E-state index contributed by atoms with van der Waals surface area (Å²) in [7, 11) is 1.62. The Morgan fingerprint density at radius 1 is 1.18 bits per heavy atom. The lowest BCUT2D eigenvalue weighted by atomic mass is 9.89. The number of halogens is 2. The Morgan fingerprint density at radius 2 is 2.00 bits per heavy atom. The van der Waals surface area contributed by atoms with E-state index in [0.717, 1.165) is 42.1 Å². The summed E-state index contributed by atoms with van der Waals surface area (Å²) in [6, 6.07) is 12.4. The highest BCUT2D eigenvalue weighted by Crippen LogP contribution is 2.35. The molecule has 33 heavy (non-hydrogen) atoms. The lowest BCUT2D eigenvalue weighted by molar-refractivity contribution is 0.413. The largest absolute Gasteiger partial charge is 0.494 e. The Balaban J connectivity index is 1.44. The number of nitrogens with zero attached hydrogens (tertiary/aromatic N) is 5. The molecule has 1 aliphatic rings. The van der Waals surface area contributed by atoms with Crippen LogP contribution in [0.4, 0.5) is 16.0 Å². The van der Waals surface area contributed by atoms with Crippen LogP contribution in [0.15, 0.2) is 55.0 Å². The first-order chi connectivity index (χ1) is 16.0. The average molecular weight is 467 g/mol. The van der Waals surface area contributed by atoms with Crippen LogP contribution in [0.5, 0.6) is 5.75 Å². The van der Waals surface area contributed by atoms with Crippen molar-refractivity contribution in [1.29, 1.82) is 0 Å². The smallest absolute Gasteiger partial charge is 0.246 e. The van der Waals surface area contributed by atoms with Crippen LogP contribution in [0.3, 0.4) is 0 Å². The summed E-state index contributed by atoms with van der Waals surface area (Å²) in [6.07, 6.45) is 5.32. The highest BCUT2D eigenvalue weighted by atomic mass is 35.5. The van der Waals surface area contributed by atoms with E-state index in [1.807, 2.05) is 35.0 Å². The van der Waals surface area contributed by atoms with Crippen molar-refractivity contribution >= 4 is 23.2 Å². The summed E-state index contributed by atoms with van der Waals surface area (Å²) in [5, 5.41) is 8.43. The molecule has 0 saturated heterocycles. The molecular weight excluding hydrogens is 443 g/mol. The Bertz CT molecular complexity index is 1270. The lowest BCUT2D eigenvalue weighted by Crippen LogP contribution is -2.09. The van der Waals surface area contributed by atoms with Crippen molar-refractivity contribution in [2.24, 2.45) is 5.92 Å². The van der Waals surface area contributed by atoms with Crippen LogP contribution in [0.25, 0.3) is 5.69 Å². The number of ether oxygens (including phenoxy) is 1. The van der Waals surface area contributed by atoms with E-state index in [4.69, 9.17) is 26.4 Å². The molecule has 0 bridgehead atoms. The third-order valence-corrected chi connectivity index (χ3v) is 6.22. The van der Waals surface area contributed by atoms with Gasteiger partial charge in [0.25, 0.3) is 0 Å². The Labute approximate surface area is 196 Å². The molecule has 2 atom stereocenters. The summed E-state index contributed by atoms with van der Waals surface area (Å²) >= 11 is 5.96. The number of hydrogen-bond donors (Lipinski definition) is 1. The molecule has 2 unspecified atom stereocenters. The van der Waals surface area contributed by atoms with E-state index >= 15 is 0 Å². The predicted molar refractivity (Wildman–Crippen MR) is 125 cm³/mol. The van der Waals surface area contributed by atoms with Gasteiger partial charge in [-0.1, -0.05) is 30.7 Å². The van der Waals surface area contributed by atoms with Crippen LogP contribution in [-0.4, -0.2) is 31.4 Å². The van der Waals surface area contributed by atoms with Crippen molar-refractivity contribution in [3.05, 3.63) is 77.3 Å². The van der Waals surface area contributed by atoms with E-state index in [9.17, 15) is 4.39 Å². The van der Waals surface area contributed by atoms with Gasteiger partial charge in [0.05, 0.1) is 12.8 Å². The fourth-order valence-corrected chi connectivity index (χ4v) is 4.46. The second-order valence-electron chi connectivity index (χ2n) is 8.37. The second-order valence-corrected chi connectivity index (χ2v) is 8.75. The van der Waals surface area contributed by atoms with Gasteiger partial charge in [-0.05, 0) is 48.6 Å². The number of aromatic nitrogens is 5. The van der Waals surface area contributed by atoms with E-state index in [-0.39, 0.29) is 11.7 Å². The molecule has 4 aromatic rings. The molecule has 7 nitrogen and oxygen atoms in total. The summed E-state index contributed by atoms with van der Waals surface area (Å²) in [5.41, 5.74) is 2.67. The van der Waals surface area contributed by atoms with Crippen LogP contribution in [-0.2, 0) is 6.54 Å². The lowest BCUT2D eigenvalue weighted by Gasteiger charge is -2.16. The maximum atomic E-state index is 13.5. The molecule has 0 amide bonds. The molecule has 3 heterocycles. The maximum Gasteiger partial charge on any atom is 0.246 e. The average Bonchev–Trinajstić information content (AvgIpc) is 3.39. The zero-order valence-corrected chi connectivity index (χ0v) is 19.1. The van der Waals surface area contributed by atoms with E-state index in [0.29, 0.717) is 22.8 Å². The molecule has 1 aliphatic heterocycles. The van der Waals surface area contributed by atoms with Crippen molar-refractivity contribution in [3.63, 3.8) is 0 Å². The summed E-state index contributed by atoms with van der Waals surface area (Å²) in [6.45, 7) is 3.04. The highest BCUT2D eigenvalue weighted by Gasteiger charge is 2.27. The van der Waals surface area contributed by atoms with Crippen molar-refractivity contribution in [1.82, 2.24) is 24.3 Å². The molecular formula is C24H24ClFN6O. The molecule has 2 aromatic heterocycles. The normalized spacial score (nSPS) is 17.9. The van der Waals surface area contributed by atoms with E-state index < -0.39 is 0 Å². The van der Waals surface area contributed by atoms with Crippen LogP contribution in [0.1, 0.15) is 37.1 Å². The molecule has 170 valence electrons. The number of nitrogens with one attached hydrogen (secondary N) is 1. The molecule has 1 N–H and O–H groups in total. The van der Waals surface area contributed by atoms with Gasteiger partial charge < -0.3 is 14.6 Å². The Morgan fingerprint density at radius 3 is 2.73 bits per heavy atom. The first kappa shape index (κ1) is 21.5. The van der Waals surface area contributed by atoms with Crippen molar-refractivity contribution < 1.29 is 9.13 Å². The number of fused-ring (bicyclic) bond motifs is 1. The summed E-state index contributed by atoms with van der Waals surface area (Å²) in [4.78, 5) is 8.89. The minimum atomic E-state index is -0.236. The van der Waals surface area contributed by atoms with E-state index in [1.54, 1.807) is 24.2 Å². The fourth-order valence-electron chi connectivity index (χ4n) is 4.31. The van der Waals surface area contributed by atoms with Crippen molar-refractivity contribution in [2.45, 2.75) is 32.2 Å². The molecule has 0 spiro atoms. The highest BCUT2D eigenvalue weighted by molar-refractivity contribution is 6.29. The number of anilines is 2. The standard InChI is InChI=1S/C24H24ClFN6O/c1-15-9-10-32-23(19(11-15)16-3-5-17(26)6-4-16)29-24(30-32)28-18-7-8-20(21(12-18)33-2)31-13-22(25)27-14-31/h3-8,12-15,19H,9-11H2,1-2H3,(H,28,30).